The van der Waals surface area contributed by atoms with Crippen molar-refractivity contribution in [3.05, 3.63) is 46.4 Å². The van der Waals surface area contributed by atoms with E-state index in [9.17, 15) is 9.59 Å². The molecule has 0 aliphatic carbocycles. The summed E-state index contributed by atoms with van der Waals surface area (Å²) in [6.07, 6.45) is 1.30. The smallest absolute Gasteiger partial charge is 0.319 e. The summed E-state index contributed by atoms with van der Waals surface area (Å²) in [6, 6.07) is 6.72. The number of nitrogens with one attached hydrogen (secondary N) is 2. The van der Waals surface area contributed by atoms with Gasteiger partial charge in [0.15, 0.2) is 0 Å². The first-order valence-electron chi connectivity index (χ1n) is 5.87. The number of hydrogen-bond acceptors (Lipinski definition) is 4. The highest BCUT2D eigenvalue weighted by Crippen LogP contribution is 2.09. The number of rotatable bonds is 5. The van der Waals surface area contributed by atoms with E-state index in [-0.39, 0.29) is 12.5 Å². The van der Waals surface area contributed by atoms with Crippen molar-refractivity contribution >= 4 is 29.0 Å². The van der Waals surface area contributed by atoms with Crippen molar-refractivity contribution in [2.24, 2.45) is 0 Å². The first-order valence-corrected chi connectivity index (χ1v) is 6.75. The molecular formula is C13H13N3O3S. The van der Waals surface area contributed by atoms with Crippen molar-refractivity contribution in [1.82, 2.24) is 10.3 Å². The summed E-state index contributed by atoms with van der Waals surface area (Å²) >= 11 is 1.57. The second-order valence-corrected chi connectivity index (χ2v) is 5.03. The second-order valence-electron chi connectivity index (χ2n) is 4.00. The first-order chi connectivity index (χ1) is 9.63. The standard InChI is InChI=1S/C13H13N3O3S/c17-12(18)6-9-3-4-10(7-14-9)16-13(19)15-8-11-2-1-5-20-11/h1-5,7H,6,8H2,(H,17,18)(H2,15,16,19). The zero-order valence-electron chi connectivity index (χ0n) is 10.5. The molecule has 104 valence electrons. The Bertz CT molecular complexity index is 581. The van der Waals surface area contributed by atoms with Crippen molar-refractivity contribution in [3.8, 4) is 0 Å². The maximum absolute atomic E-state index is 11.6. The summed E-state index contributed by atoms with van der Waals surface area (Å²) < 4.78 is 0. The van der Waals surface area contributed by atoms with Crippen LogP contribution in [0.2, 0.25) is 0 Å². The number of carboxylic acid groups (broad SMARTS) is 1. The van der Waals surface area contributed by atoms with Crippen molar-refractivity contribution in [2.75, 3.05) is 5.32 Å². The van der Waals surface area contributed by atoms with Gasteiger partial charge in [-0.05, 0) is 23.6 Å². The molecule has 2 amide bonds. The average molecular weight is 291 g/mol. The van der Waals surface area contributed by atoms with Crippen molar-refractivity contribution in [2.45, 2.75) is 13.0 Å². The third kappa shape index (κ3) is 4.36. The Morgan fingerprint density at radius 1 is 1.30 bits per heavy atom. The van der Waals surface area contributed by atoms with E-state index in [1.54, 1.807) is 23.5 Å². The molecule has 2 aromatic heterocycles. The number of carbonyl (C=O) groups is 2. The highest BCUT2D eigenvalue weighted by atomic mass is 32.1. The molecule has 20 heavy (non-hydrogen) atoms. The van der Waals surface area contributed by atoms with Crippen LogP contribution in [0.1, 0.15) is 10.6 Å². The third-order valence-corrected chi connectivity index (χ3v) is 3.29. The number of aliphatic carboxylic acids is 1. The summed E-state index contributed by atoms with van der Waals surface area (Å²) in [6.45, 7) is 0.466. The van der Waals surface area contributed by atoms with Crippen molar-refractivity contribution in [3.63, 3.8) is 0 Å². The maximum Gasteiger partial charge on any atom is 0.319 e. The van der Waals surface area contributed by atoms with Gasteiger partial charge in [-0.2, -0.15) is 0 Å². The second kappa shape index (κ2) is 6.67. The molecule has 0 spiro atoms. The lowest BCUT2D eigenvalue weighted by atomic mass is 10.2. The number of pyridine rings is 1. The molecule has 0 aliphatic rings. The number of carboxylic acids is 1. The number of carbonyl (C=O) groups excluding carboxylic acids is 1. The Kier molecular flexibility index (Phi) is 4.67. The number of nitrogens with zero attached hydrogens (tertiary/aromatic N) is 1. The van der Waals surface area contributed by atoms with E-state index < -0.39 is 5.97 Å². The van der Waals surface area contributed by atoms with E-state index in [0.29, 0.717) is 17.9 Å². The fourth-order valence-corrected chi connectivity index (χ4v) is 2.16. The highest BCUT2D eigenvalue weighted by Gasteiger charge is 2.04. The first kappa shape index (κ1) is 14.0. The van der Waals surface area contributed by atoms with E-state index in [4.69, 9.17) is 5.11 Å². The Labute approximate surface area is 119 Å². The van der Waals surface area contributed by atoms with Crippen molar-refractivity contribution < 1.29 is 14.7 Å². The third-order valence-electron chi connectivity index (χ3n) is 2.42. The Hall–Kier alpha value is -2.41. The van der Waals surface area contributed by atoms with Gasteiger partial charge in [-0.25, -0.2) is 4.79 Å². The summed E-state index contributed by atoms with van der Waals surface area (Å²) in [5, 5.41) is 15.9. The zero-order chi connectivity index (χ0) is 14.4. The lowest BCUT2D eigenvalue weighted by molar-refractivity contribution is -0.136. The van der Waals surface area contributed by atoms with Crippen LogP contribution in [0, 0.1) is 0 Å². The van der Waals surface area contributed by atoms with Gasteiger partial charge in [-0.3, -0.25) is 9.78 Å². The maximum atomic E-state index is 11.6. The van der Waals surface area contributed by atoms with Gasteiger partial charge in [0.1, 0.15) is 0 Å². The van der Waals surface area contributed by atoms with Crippen LogP contribution < -0.4 is 10.6 Å². The van der Waals surface area contributed by atoms with Crippen LogP contribution in [-0.2, 0) is 17.8 Å². The summed E-state index contributed by atoms with van der Waals surface area (Å²) in [5.74, 6) is -0.938. The number of hydrogen-bond donors (Lipinski definition) is 3. The van der Waals surface area contributed by atoms with Crippen LogP contribution in [0.4, 0.5) is 10.5 Å². The monoisotopic (exact) mass is 291 g/mol. The Morgan fingerprint density at radius 3 is 2.75 bits per heavy atom. The molecule has 2 rings (SSSR count). The molecule has 6 nitrogen and oxygen atoms in total. The molecule has 0 saturated heterocycles. The van der Waals surface area contributed by atoms with Crippen LogP contribution in [0.5, 0.6) is 0 Å². The molecule has 7 heteroatoms. The van der Waals surface area contributed by atoms with Crippen LogP contribution >= 0.6 is 11.3 Å². The summed E-state index contributed by atoms with van der Waals surface area (Å²) in [4.78, 5) is 27.2. The molecule has 0 bridgehead atoms. The highest BCUT2D eigenvalue weighted by molar-refractivity contribution is 7.09. The van der Waals surface area contributed by atoms with Crippen LogP contribution in [0.25, 0.3) is 0 Å². The average Bonchev–Trinajstić information content (AvgIpc) is 2.91. The number of amides is 2. The molecule has 0 fully saturated rings. The van der Waals surface area contributed by atoms with Crippen LogP contribution in [0.3, 0.4) is 0 Å². The number of anilines is 1. The molecule has 0 saturated carbocycles. The molecule has 0 radical (unpaired) electrons. The molecule has 2 heterocycles. The minimum absolute atomic E-state index is 0.134. The minimum atomic E-state index is -0.938. The molecule has 0 atom stereocenters. The molecule has 0 aliphatic heterocycles. The number of urea groups is 1. The normalized spacial score (nSPS) is 10.0. The molecular weight excluding hydrogens is 278 g/mol. The predicted octanol–water partition coefficient (Wildman–Crippen LogP) is 2.09. The van der Waals surface area contributed by atoms with E-state index in [2.05, 4.69) is 15.6 Å². The van der Waals surface area contributed by atoms with Gasteiger partial charge < -0.3 is 15.7 Å². The fourth-order valence-electron chi connectivity index (χ4n) is 1.51. The van der Waals surface area contributed by atoms with Gasteiger partial charge in [0.2, 0.25) is 0 Å². The minimum Gasteiger partial charge on any atom is -0.481 e. The van der Waals surface area contributed by atoms with Gasteiger partial charge >= 0.3 is 12.0 Å². The van der Waals surface area contributed by atoms with E-state index >= 15 is 0 Å². The van der Waals surface area contributed by atoms with Gasteiger partial charge in [0.05, 0.1) is 30.5 Å². The Balaban J connectivity index is 1.83. The van der Waals surface area contributed by atoms with Gasteiger partial charge in [0, 0.05) is 4.88 Å². The number of thiophene rings is 1. The quantitative estimate of drug-likeness (QED) is 0.786. The molecule has 3 N–H and O–H groups in total. The van der Waals surface area contributed by atoms with E-state index in [1.807, 2.05) is 17.5 Å². The molecule has 2 aromatic rings. The fraction of sp³-hybridized carbons (Fsp3) is 0.154. The lowest BCUT2D eigenvalue weighted by Gasteiger charge is -2.06. The van der Waals surface area contributed by atoms with Gasteiger partial charge in [-0.15, -0.1) is 11.3 Å². The largest absolute Gasteiger partial charge is 0.481 e. The van der Waals surface area contributed by atoms with E-state index in [1.165, 1.54) is 6.20 Å². The lowest BCUT2D eigenvalue weighted by Crippen LogP contribution is -2.27. The molecule has 0 aromatic carbocycles. The SMILES string of the molecule is O=C(O)Cc1ccc(NC(=O)NCc2cccs2)cn1. The van der Waals surface area contributed by atoms with Crippen molar-refractivity contribution in [1.29, 1.82) is 0 Å². The van der Waals surface area contributed by atoms with E-state index in [0.717, 1.165) is 4.88 Å². The predicted molar refractivity (Wildman–Crippen MR) is 75.8 cm³/mol. The summed E-state index contributed by atoms with van der Waals surface area (Å²) in [5.41, 5.74) is 0.963. The Morgan fingerprint density at radius 2 is 2.15 bits per heavy atom. The van der Waals surface area contributed by atoms with Gasteiger partial charge in [0.25, 0.3) is 0 Å². The molecule has 0 unspecified atom stereocenters. The number of aromatic nitrogens is 1. The topological polar surface area (TPSA) is 91.3 Å². The van der Waals surface area contributed by atoms with Crippen LogP contribution in [-0.4, -0.2) is 22.1 Å². The summed E-state index contributed by atoms with van der Waals surface area (Å²) in [7, 11) is 0. The van der Waals surface area contributed by atoms with Crippen LogP contribution in [0.15, 0.2) is 35.8 Å². The van der Waals surface area contributed by atoms with Gasteiger partial charge in [-0.1, -0.05) is 6.07 Å². The zero-order valence-corrected chi connectivity index (χ0v) is 11.3.